The maximum atomic E-state index is 12.1. The first-order chi connectivity index (χ1) is 7.58. The maximum absolute atomic E-state index is 12.1. The van der Waals surface area contributed by atoms with Gasteiger partial charge in [0.15, 0.2) is 0 Å². The molecule has 0 saturated carbocycles. The van der Waals surface area contributed by atoms with Gasteiger partial charge in [-0.3, -0.25) is 0 Å². The smallest absolute Gasteiger partial charge is 0.361 e. The Labute approximate surface area is 106 Å². The first-order valence-corrected chi connectivity index (χ1v) is 5.73. The van der Waals surface area contributed by atoms with Gasteiger partial charge in [-0.25, -0.2) is 9.97 Å². The Bertz CT molecular complexity index is 399. The predicted octanol–water partition coefficient (Wildman–Crippen LogP) is 3.51. The molecular weight excluding hydrogens is 299 g/mol. The average molecular weight is 312 g/mol. The van der Waals surface area contributed by atoms with Crippen molar-refractivity contribution in [2.75, 3.05) is 11.9 Å². The van der Waals surface area contributed by atoms with E-state index in [0.29, 0.717) is 10.4 Å². The van der Waals surface area contributed by atoms with Crippen molar-refractivity contribution in [1.29, 1.82) is 0 Å². The van der Waals surface area contributed by atoms with Gasteiger partial charge in [0.25, 0.3) is 0 Å². The fourth-order valence-electron chi connectivity index (χ4n) is 1.03. The number of hydrogen-bond acceptors (Lipinski definition) is 3. The Morgan fingerprint density at radius 1 is 1.24 bits per heavy atom. The standard InChI is InChI=1S/C10H13BrF3N3/c1-9(2,3)8-16-6(11)4-7(17-8)15-5-10(12,13)14/h4H,5H2,1-3H3,(H,15,16,17). The average Bonchev–Trinajstić information content (AvgIpc) is 2.11. The molecule has 1 heterocycles. The molecule has 1 N–H and O–H groups in total. The Morgan fingerprint density at radius 3 is 2.29 bits per heavy atom. The van der Waals surface area contributed by atoms with Crippen LogP contribution in [0.2, 0.25) is 0 Å². The second-order valence-corrected chi connectivity index (χ2v) is 5.43. The van der Waals surface area contributed by atoms with Crippen molar-refractivity contribution in [3.8, 4) is 0 Å². The molecule has 0 aliphatic rings. The van der Waals surface area contributed by atoms with Crippen molar-refractivity contribution in [3.63, 3.8) is 0 Å². The van der Waals surface area contributed by atoms with Crippen molar-refractivity contribution < 1.29 is 13.2 Å². The summed E-state index contributed by atoms with van der Waals surface area (Å²) in [6, 6.07) is 1.42. The highest BCUT2D eigenvalue weighted by Gasteiger charge is 2.27. The number of anilines is 1. The molecule has 7 heteroatoms. The van der Waals surface area contributed by atoms with E-state index in [1.54, 1.807) is 0 Å². The molecule has 0 bridgehead atoms. The summed E-state index contributed by atoms with van der Waals surface area (Å²) in [6.45, 7) is 4.56. The minimum Gasteiger partial charge on any atom is -0.361 e. The quantitative estimate of drug-likeness (QED) is 0.849. The molecule has 0 atom stereocenters. The van der Waals surface area contributed by atoms with Gasteiger partial charge in [0.2, 0.25) is 0 Å². The van der Waals surface area contributed by atoms with Gasteiger partial charge < -0.3 is 5.32 Å². The highest BCUT2D eigenvalue weighted by atomic mass is 79.9. The van der Waals surface area contributed by atoms with Crippen LogP contribution in [0.4, 0.5) is 19.0 Å². The van der Waals surface area contributed by atoms with E-state index in [4.69, 9.17) is 0 Å². The van der Waals surface area contributed by atoms with Gasteiger partial charge in [-0.15, -0.1) is 0 Å². The monoisotopic (exact) mass is 311 g/mol. The second-order valence-electron chi connectivity index (χ2n) is 4.62. The minimum atomic E-state index is -4.26. The zero-order valence-corrected chi connectivity index (χ0v) is 11.3. The SMILES string of the molecule is CC(C)(C)c1nc(Br)cc(NCC(F)(F)F)n1. The van der Waals surface area contributed by atoms with Crippen LogP contribution < -0.4 is 5.32 Å². The number of nitrogens with zero attached hydrogens (tertiary/aromatic N) is 2. The Morgan fingerprint density at radius 2 is 1.82 bits per heavy atom. The summed E-state index contributed by atoms with van der Waals surface area (Å²) in [6.07, 6.45) is -4.26. The molecular formula is C10H13BrF3N3. The van der Waals surface area contributed by atoms with Crippen LogP contribution in [0.15, 0.2) is 10.7 Å². The lowest BCUT2D eigenvalue weighted by atomic mass is 9.96. The van der Waals surface area contributed by atoms with E-state index in [1.807, 2.05) is 20.8 Å². The largest absolute Gasteiger partial charge is 0.405 e. The number of halogens is 4. The third-order valence-electron chi connectivity index (χ3n) is 1.84. The van der Waals surface area contributed by atoms with Crippen LogP contribution >= 0.6 is 15.9 Å². The van der Waals surface area contributed by atoms with E-state index in [0.717, 1.165) is 0 Å². The van der Waals surface area contributed by atoms with Crippen LogP contribution in [0.3, 0.4) is 0 Å². The van der Waals surface area contributed by atoms with E-state index in [-0.39, 0.29) is 11.2 Å². The number of rotatable bonds is 2. The molecule has 0 aliphatic heterocycles. The van der Waals surface area contributed by atoms with Crippen molar-refractivity contribution in [2.24, 2.45) is 0 Å². The van der Waals surface area contributed by atoms with Crippen molar-refractivity contribution in [1.82, 2.24) is 9.97 Å². The number of hydrogen-bond donors (Lipinski definition) is 1. The number of aromatic nitrogens is 2. The second kappa shape index (κ2) is 4.80. The number of alkyl halides is 3. The van der Waals surface area contributed by atoms with Crippen LogP contribution in [0.5, 0.6) is 0 Å². The lowest BCUT2D eigenvalue weighted by molar-refractivity contribution is -0.115. The zero-order valence-electron chi connectivity index (χ0n) is 9.69. The molecule has 1 aromatic heterocycles. The van der Waals surface area contributed by atoms with Gasteiger partial charge in [0.05, 0.1) is 0 Å². The summed E-state index contributed by atoms with van der Waals surface area (Å²) in [5, 5.41) is 2.23. The molecule has 17 heavy (non-hydrogen) atoms. The molecule has 0 aliphatic carbocycles. The summed E-state index contributed by atoms with van der Waals surface area (Å²) in [5.74, 6) is 0.644. The van der Waals surface area contributed by atoms with E-state index in [2.05, 4.69) is 31.2 Å². The third kappa shape index (κ3) is 4.89. The minimum absolute atomic E-state index is 0.161. The molecule has 3 nitrogen and oxygen atoms in total. The summed E-state index contributed by atoms with van der Waals surface area (Å²) >= 11 is 3.15. The van der Waals surface area contributed by atoms with Crippen LogP contribution in [0.25, 0.3) is 0 Å². The summed E-state index contributed by atoms with van der Waals surface area (Å²) < 4.78 is 36.6. The molecule has 1 aromatic rings. The lowest BCUT2D eigenvalue weighted by Gasteiger charge is -2.18. The summed E-state index contributed by atoms with van der Waals surface area (Å²) in [4.78, 5) is 8.19. The molecule has 96 valence electrons. The van der Waals surface area contributed by atoms with Gasteiger partial charge in [-0.2, -0.15) is 13.2 Å². The van der Waals surface area contributed by atoms with Crippen LogP contribution in [0, 0.1) is 0 Å². The van der Waals surface area contributed by atoms with Crippen LogP contribution in [-0.4, -0.2) is 22.7 Å². The molecule has 0 radical (unpaired) electrons. The fourth-order valence-corrected chi connectivity index (χ4v) is 1.42. The molecule has 0 amide bonds. The van der Waals surface area contributed by atoms with Crippen LogP contribution in [-0.2, 0) is 5.41 Å². The topological polar surface area (TPSA) is 37.8 Å². The molecule has 0 unspecified atom stereocenters. The fraction of sp³-hybridized carbons (Fsp3) is 0.600. The first kappa shape index (κ1) is 14.2. The van der Waals surface area contributed by atoms with Crippen molar-refractivity contribution in [2.45, 2.75) is 32.4 Å². The Balaban J connectivity index is 2.91. The third-order valence-corrected chi connectivity index (χ3v) is 2.24. The van der Waals surface area contributed by atoms with Gasteiger partial charge >= 0.3 is 6.18 Å². The molecule has 1 rings (SSSR count). The number of nitrogens with one attached hydrogen (secondary N) is 1. The van der Waals surface area contributed by atoms with E-state index in [9.17, 15) is 13.2 Å². The van der Waals surface area contributed by atoms with E-state index >= 15 is 0 Å². The van der Waals surface area contributed by atoms with Crippen molar-refractivity contribution >= 4 is 21.7 Å². The highest BCUT2D eigenvalue weighted by molar-refractivity contribution is 9.10. The first-order valence-electron chi connectivity index (χ1n) is 4.93. The Kier molecular flexibility index (Phi) is 4.01. The van der Waals surface area contributed by atoms with Gasteiger partial charge in [0, 0.05) is 11.5 Å². The summed E-state index contributed by atoms with van der Waals surface area (Å²) in [5.41, 5.74) is -0.321. The molecule has 0 spiro atoms. The highest BCUT2D eigenvalue weighted by Crippen LogP contribution is 2.23. The lowest BCUT2D eigenvalue weighted by Crippen LogP contribution is -2.23. The van der Waals surface area contributed by atoms with Gasteiger partial charge in [0.1, 0.15) is 22.8 Å². The Hall–Kier alpha value is -0.850. The zero-order chi connectivity index (χ0) is 13.3. The molecule has 0 fully saturated rings. The summed E-state index contributed by atoms with van der Waals surface area (Å²) in [7, 11) is 0. The van der Waals surface area contributed by atoms with E-state index in [1.165, 1.54) is 6.07 Å². The van der Waals surface area contributed by atoms with Crippen molar-refractivity contribution in [3.05, 3.63) is 16.5 Å². The normalized spacial score (nSPS) is 12.6. The van der Waals surface area contributed by atoms with Crippen LogP contribution in [0.1, 0.15) is 26.6 Å². The predicted molar refractivity (Wildman–Crippen MR) is 63.0 cm³/mol. The molecule has 0 saturated heterocycles. The molecule has 0 aromatic carbocycles. The maximum Gasteiger partial charge on any atom is 0.405 e. The van der Waals surface area contributed by atoms with Gasteiger partial charge in [-0.1, -0.05) is 20.8 Å². The van der Waals surface area contributed by atoms with E-state index < -0.39 is 12.7 Å². The van der Waals surface area contributed by atoms with Gasteiger partial charge in [-0.05, 0) is 15.9 Å².